The van der Waals surface area contributed by atoms with Crippen LogP contribution in [-0.2, 0) is 16.3 Å². The molecule has 1 aromatic heterocycles. The van der Waals surface area contributed by atoms with Crippen LogP contribution in [0.5, 0.6) is 0 Å². The second-order valence-electron chi connectivity index (χ2n) is 5.92. The van der Waals surface area contributed by atoms with Gasteiger partial charge in [-0.2, -0.15) is 0 Å². The molecule has 2 aromatic rings. The van der Waals surface area contributed by atoms with Crippen molar-refractivity contribution in [2.75, 3.05) is 14.1 Å². The average Bonchev–Trinajstić information content (AvgIpc) is 3.25. The lowest BCUT2D eigenvalue weighted by atomic mass is 10.2. The molecule has 1 aliphatic rings. The van der Waals surface area contributed by atoms with Crippen LogP contribution in [0.2, 0.25) is 0 Å². The largest absolute Gasteiger partial charge is 0.346 e. The maximum absolute atomic E-state index is 12.4. The van der Waals surface area contributed by atoms with E-state index < -0.39 is 16.3 Å². The topological polar surface area (TPSA) is 42.3 Å². The summed E-state index contributed by atoms with van der Waals surface area (Å²) >= 11 is 0. The minimum atomic E-state index is -3.22. The number of likely N-dealkylation sites (N-methyl/N-ethyl adjacent to an activating group) is 1. The molecule has 4 nitrogen and oxygen atoms in total. The molecule has 0 spiro atoms. The molecule has 0 radical (unpaired) electrons. The molecular formula is C16H22N2O2S. The molecule has 1 saturated carbocycles. The minimum absolute atomic E-state index is 0.234. The minimum Gasteiger partial charge on any atom is -0.346 e. The van der Waals surface area contributed by atoms with Crippen molar-refractivity contribution >= 4 is 20.7 Å². The van der Waals surface area contributed by atoms with E-state index in [1.807, 2.05) is 25.9 Å². The zero-order chi connectivity index (χ0) is 17.0. The van der Waals surface area contributed by atoms with Crippen LogP contribution in [-0.4, -0.2) is 43.3 Å². The molecule has 1 aromatic carbocycles. The van der Waals surface area contributed by atoms with Crippen LogP contribution in [0.3, 0.4) is 0 Å². The van der Waals surface area contributed by atoms with Crippen molar-refractivity contribution in [3.05, 3.63) is 30.5 Å². The van der Waals surface area contributed by atoms with Crippen LogP contribution < -0.4 is 0 Å². The molecule has 0 N–H and O–H groups in total. The second-order valence-corrected chi connectivity index (χ2v) is 8.15. The fourth-order valence-corrected chi connectivity index (χ4v) is 3.99. The Kier molecular flexibility index (Phi) is 3.00. The fraction of sp³-hybridized carbons (Fsp3) is 0.500. The lowest BCUT2D eigenvalue weighted by Gasteiger charge is -2.20. The van der Waals surface area contributed by atoms with Crippen molar-refractivity contribution in [1.82, 2.24) is 9.47 Å². The van der Waals surface area contributed by atoms with Gasteiger partial charge in [0.25, 0.3) is 0 Å². The summed E-state index contributed by atoms with van der Waals surface area (Å²) < 4.78 is 43.1. The van der Waals surface area contributed by atoms with Crippen molar-refractivity contribution < 1.29 is 11.2 Å². The summed E-state index contributed by atoms with van der Waals surface area (Å²) in [5, 5.41) is 0.517. The van der Waals surface area contributed by atoms with Crippen LogP contribution in [0, 0.1) is 0 Å². The fourth-order valence-electron chi connectivity index (χ4n) is 2.30. The highest BCUT2D eigenvalue weighted by atomic mass is 32.2. The highest BCUT2D eigenvalue weighted by Crippen LogP contribution is 2.34. The Bertz CT molecular complexity index is 839. The third-order valence-electron chi connectivity index (χ3n) is 4.05. The van der Waals surface area contributed by atoms with Crippen LogP contribution in [0.25, 0.3) is 10.9 Å². The molecule has 21 heavy (non-hydrogen) atoms. The molecule has 0 unspecified atom stereocenters. The standard InChI is InChI=1S/C16H22N2O2S/c1-12(17(2)3)11-18-9-8-13-10-15(6-7-16(13)18)21(19,20)14-4-5-14/h6-10,12,14H,4-5,11H2,1-3H3/t12-/m1/s1/i11D2. The van der Waals surface area contributed by atoms with Gasteiger partial charge in [-0.25, -0.2) is 8.42 Å². The van der Waals surface area contributed by atoms with Crippen molar-refractivity contribution in [2.24, 2.45) is 0 Å². The van der Waals surface area contributed by atoms with Gasteiger partial charge in [0.2, 0.25) is 0 Å². The van der Waals surface area contributed by atoms with E-state index in [2.05, 4.69) is 0 Å². The molecular weight excluding hydrogens is 284 g/mol. The summed E-state index contributed by atoms with van der Waals surface area (Å²) in [5.41, 5.74) is 0.707. The molecule has 0 amide bonds. The zero-order valence-corrected chi connectivity index (χ0v) is 13.4. The summed E-state index contributed by atoms with van der Waals surface area (Å²) in [5.74, 6) is 0. The van der Waals surface area contributed by atoms with Crippen molar-refractivity contribution in [1.29, 1.82) is 0 Å². The smallest absolute Gasteiger partial charge is 0.181 e. The molecule has 1 heterocycles. The third kappa shape index (κ3) is 2.72. The SMILES string of the molecule is [2H]C([2H])([C@@H](C)N(C)C)n1ccc2cc(S(=O)(=O)C3CC3)ccc21. The van der Waals surface area contributed by atoms with E-state index in [1.165, 1.54) is 0 Å². The zero-order valence-electron chi connectivity index (χ0n) is 14.6. The predicted octanol–water partition coefficient (Wildman–Crippen LogP) is 2.53. The molecule has 0 bridgehead atoms. The number of rotatable bonds is 5. The maximum Gasteiger partial charge on any atom is 0.181 e. The highest BCUT2D eigenvalue weighted by Gasteiger charge is 2.36. The molecule has 114 valence electrons. The lowest BCUT2D eigenvalue weighted by molar-refractivity contribution is 0.286. The van der Waals surface area contributed by atoms with E-state index in [0.717, 1.165) is 18.2 Å². The van der Waals surface area contributed by atoms with E-state index in [9.17, 15) is 8.42 Å². The Morgan fingerprint density at radius 1 is 1.38 bits per heavy atom. The highest BCUT2D eigenvalue weighted by molar-refractivity contribution is 7.92. The number of hydrogen-bond donors (Lipinski definition) is 0. The first kappa shape index (κ1) is 12.2. The van der Waals surface area contributed by atoms with E-state index in [-0.39, 0.29) is 11.3 Å². The van der Waals surface area contributed by atoms with Crippen molar-refractivity contribution in [3.63, 3.8) is 0 Å². The first-order valence-electron chi connectivity index (χ1n) is 8.17. The summed E-state index contributed by atoms with van der Waals surface area (Å²) in [7, 11) is 0.459. The summed E-state index contributed by atoms with van der Waals surface area (Å²) in [6.07, 6.45) is 3.17. The Hall–Kier alpha value is -1.33. The van der Waals surface area contributed by atoms with Crippen LogP contribution >= 0.6 is 0 Å². The molecule has 1 fully saturated rings. The number of aromatic nitrogens is 1. The maximum atomic E-state index is 12.4. The molecule has 1 aliphatic carbocycles. The van der Waals surface area contributed by atoms with Gasteiger partial charge in [-0.1, -0.05) is 0 Å². The second kappa shape index (κ2) is 5.14. The van der Waals surface area contributed by atoms with Gasteiger partial charge in [-0.3, -0.25) is 0 Å². The van der Waals surface area contributed by atoms with Crippen molar-refractivity contribution in [3.8, 4) is 0 Å². The normalized spacial score (nSPS) is 19.6. The Balaban J connectivity index is 2.06. The van der Waals surface area contributed by atoms with E-state index in [4.69, 9.17) is 2.74 Å². The van der Waals surface area contributed by atoms with E-state index in [1.54, 1.807) is 35.0 Å². The first-order chi connectivity index (χ1) is 10.7. The first-order valence-corrected chi connectivity index (χ1v) is 8.72. The number of hydrogen-bond acceptors (Lipinski definition) is 3. The summed E-state index contributed by atoms with van der Waals surface area (Å²) in [6, 6.07) is 6.43. The van der Waals surface area contributed by atoms with Gasteiger partial charge in [-0.15, -0.1) is 0 Å². The summed E-state index contributed by atoms with van der Waals surface area (Å²) in [6.45, 7) is 0.236. The molecule has 1 atom stereocenters. The number of sulfone groups is 1. The van der Waals surface area contributed by atoms with Gasteiger partial charge in [0.05, 0.1) is 12.9 Å². The van der Waals surface area contributed by atoms with E-state index >= 15 is 0 Å². The number of benzene rings is 1. The monoisotopic (exact) mass is 308 g/mol. The lowest BCUT2D eigenvalue weighted by Crippen LogP contribution is -2.28. The average molecular weight is 308 g/mol. The molecule has 3 rings (SSSR count). The molecule has 5 heteroatoms. The van der Waals surface area contributed by atoms with Gasteiger partial charge in [0, 0.05) is 29.6 Å². The number of fused-ring (bicyclic) bond motifs is 1. The quantitative estimate of drug-likeness (QED) is 0.852. The molecule has 0 saturated heterocycles. The Labute approximate surface area is 129 Å². The van der Waals surface area contributed by atoms with E-state index in [0.29, 0.717) is 10.4 Å². The van der Waals surface area contributed by atoms with Gasteiger partial charge in [0.15, 0.2) is 9.84 Å². The van der Waals surface area contributed by atoms with Gasteiger partial charge in [0.1, 0.15) is 0 Å². The van der Waals surface area contributed by atoms with Crippen LogP contribution in [0.15, 0.2) is 35.4 Å². The van der Waals surface area contributed by atoms with Gasteiger partial charge < -0.3 is 9.47 Å². The van der Waals surface area contributed by atoms with Gasteiger partial charge in [-0.05, 0) is 58.1 Å². The van der Waals surface area contributed by atoms with Crippen LogP contribution in [0.4, 0.5) is 0 Å². The summed E-state index contributed by atoms with van der Waals surface area (Å²) in [4.78, 5) is 2.17. The van der Waals surface area contributed by atoms with Crippen molar-refractivity contribution in [2.45, 2.75) is 42.4 Å². The molecule has 0 aliphatic heterocycles. The number of nitrogens with zero attached hydrogens (tertiary/aromatic N) is 2. The Morgan fingerprint density at radius 3 is 2.71 bits per heavy atom. The van der Waals surface area contributed by atoms with Gasteiger partial charge >= 0.3 is 0 Å². The van der Waals surface area contributed by atoms with Crippen LogP contribution in [0.1, 0.15) is 22.5 Å². The third-order valence-corrected chi connectivity index (χ3v) is 6.31. The Morgan fingerprint density at radius 2 is 2.10 bits per heavy atom. The predicted molar refractivity (Wildman–Crippen MR) is 85.3 cm³/mol.